The van der Waals surface area contributed by atoms with Crippen LogP contribution in [0.25, 0.3) is 0 Å². The molecule has 5 nitrogen and oxygen atoms in total. The molecule has 94 valence electrons. The van der Waals surface area contributed by atoms with E-state index in [2.05, 4.69) is 26.0 Å². The number of likely N-dealkylation sites (N-methyl/N-ethyl adjacent to an activating group) is 1. The maximum absolute atomic E-state index is 11.9. The van der Waals surface area contributed by atoms with Gasteiger partial charge in [0.1, 0.15) is 0 Å². The van der Waals surface area contributed by atoms with Crippen LogP contribution in [0.5, 0.6) is 0 Å². The van der Waals surface area contributed by atoms with Gasteiger partial charge in [-0.05, 0) is 25.1 Å². The third-order valence-corrected chi connectivity index (χ3v) is 4.11. The Morgan fingerprint density at radius 2 is 2.06 bits per heavy atom. The second-order valence-electron chi connectivity index (χ2n) is 3.41. The molecule has 0 radical (unpaired) electrons. The maximum Gasteiger partial charge on any atom is 0.241 e. The number of sulfonamides is 1. The number of carbonyl (C=O) groups is 1. The number of carbonyl (C=O) groups excluding carboxylic acids is 1. The highest BCUT2D eigenvalue weighted by Gasteiger charge is 2.21. The molecule has 0 bridgehead atoms. The quantitative estimate of drug-likeness (QED) is 0.864. The highest BCUT2D eigenvalue weighted by atomic mass is 79.9. The summed E-state index contributed by atoms with van der Waals surface area (Å²) >= 11 is 3.19. The summed E-state index contributed by atoms with van der Waals surface area (Å²) in [5.74, 6) is -0.386. The minimum Gasteiger partial charge on any atom is -0.358 e. The van der Waals surface area contributed by atoms with Crippen molar-refractivity contribution in [3.63, 3.8) is 0 Å². The normalized spacial score (nSPS) is 13.1. The van der Waals surface area contributed by atoms with Gasteiger partial charge in [0.15, 0.2) is 0 Å². The van der Waals surface area contributed by atoms with Crippen LogP contribution in [-0.2, 0) is 14.8 Å². The lowest BCUT2D eigenvalue weighted by Crippen LogP contribution is -2.43. The predicted molar refractivity (Wildman–Crippen MR) is 68.0 cm³/mol. The lowest BCUT2D eigenvalue weighted by molar-refractivity contribution is -0.121. The fourth-order valence-electron chi connectivity index (χ4n) is 1.20. The Morgan fingerprint density at radius 1 is 1.41 bits per heavy atom. The summed E-state index contributed by atoms with van der Waals surface area (Å²) in [5.41, 5.74) is 0. The van der Waals surface area contributed by atoms with Crippen molar-refractivity contribution in [2.24, 2.45) is 0 Å². The van der Waals surface area contributed by atoms with Gasteiger partial charge in [0.25, 0.3) is 0 Å². The first-order valence-electron chi connectivity index (χ1n) is 4.86. The Labute approximate surface area is 109 Å². The molecule has 1 atom stereocenters. The van der Waals surface area contributed by atoms with Gasteiger partial charge >= 0.3 is 0 Å². The first-order valence-corrected chi connectivity index (χ1v) is 7.14. The van der Waals surface area contributed by atoms with Crippen molar-refractivity contribution >= 4 is 31.9 Å². The van der Waals surface area contributed by atoms with E-state index >= 15 is 0 Å². The maximum atomic E-state index is 11.9. The number of benzene rings is 1. The first kappa shape index (κ1) is 14.1. The van der Waals surface area contributed by atoms with E-state index in [0.29, 0.717) is 4.47 Å². The van der Waals surface area contributed by atoms with Gasteiger partial charge in [-0.3, -0.25) is 4.79 Å². The van der Waals surface area contributed by atoms with Crippen molar-refractivity contribution in [2.45, 2.75) is 17.9 Å². The number of amides is 1. The third-order valence-electron chi connectivity index (χ3n) is 2.08. The Morgan fingerprint density at radius 3 is 2.59 bits per heavy atom. The number of hydrogen-bond acceptors (Lipinski definition) is 3. The van der Waals surface area contributed by atoms with Crippen molar-refractivity contribution in [3.05, 3.63) is 28.7 Å². The van der Waals surface area contributed by atoms with Crippen LogP contribution in [-0.4, -0.2) is 27.4 Å². The monoisotopic (exact) mass is 320 g/mol. The Hall–Kier alpha value is -0.920. The van der Waals surface area contributed by atoms with E-state index in [9.17, 15) is 13.2 Å². The SMILES string of the molecule is CNC(=O)C(C)NS(=O)(=O)c1cccc(Br)c1. The van der Waals surface area contributed by atoms with Gasteiger partial charge in [-0.15, -0.1) is 0 Å². The summed E-state index contributed by atoms with van der Waals surface area (Å²) in [7, 11) is -2.23. The zero-order chi connectivity index (χ0) is 13.1. The Bertz CT molecular complexity index is 516. The van der Waals surface area contributed by atoms with Crippen LogP contribution in [0, 0.1) is 0 Å². The molecule has 1 amide bonds. The average Bonchev–Trinajstić information content (AvgIpc) is 2.27. The molecule has 1 rings (SSSR count). The highest BCUT2D eigenvalue weighted by Crippen LogP contribution is 2.16. The summed E-state index contributed by atoms with van der Waals surface area (Å²) < 4.78 is 26.8. The largest absolute Gasteiger partial charge is 0.358 e. The van der Waals surface area contributed by atoms with Crippen LogP contribution in [0.15, 0.2) is 33.6 Å². The molecule has 0 spiro atoms. The number of rotatable bonds is 4. The molecule has 0 aliphatic rings. The Balaban J connectivity index is 2.93. The molecule has 0 fully saturated rings. The molecule has 0 aromatic heterocycles. The second-order valence-corrected chi connectivity index (χ2v) is 6.04. The average molecular weight is 321 g/mol. The van der Waals surface area contributed by atoms with E-state index in [-0.39, 0.29) is 10.8 Å². The summed E-state index contributed by atoms with van der Waals surface area (Å²) in [5, 5.41) is 2.38. The molecule has 0 aliphatic heterocycles. The van der Waals surface area contributed by atoms with Gasteiger partial charge in [-0.2, -0.15) is 4.72 Å². The van der Waals surface area contributed by atoms with Crippen LogP contribution >= 0.6 is 15.9 Å². The van der Waals surface area contributed by atoms with Crippen molar-refractivity contribution in [1.29, 1.82) is 0 Å². The molecule has 0 heterocycles. The highest BCUT2D eigenvalue weighted by molar-refractivity contribution is 9.10. The van der Waals surface area contributed by atoms with E-state index in [1.54, 1.807) is 12.1 Å². The number of nitrogens with one attached hydrogen (secondary N) is 2. The fourth-order valence-corrected chi connectivity index (χ4v) is 3.00. The van der Waals surface area contributed by atoms with Gasteiger partial charge in [0.05, 0.1) is 10.9 Å². The van der Waals surface area contributed by atoms with E-state index in [1.165, 1.54) is 26.1 Å². The van der Waals surface area contributed by atoms with Crippen molar-refractivity contribution in [2.75, 3.05) is 7.05 Å². The molecule has 2 N–H and O–H groups in total. The van der Waals surface area contributed by atoms with Crippen LogP contribution in [0.3, 0.4) is 0 Å². The summed E-state index contributed by atoms with van der Waals surface area (Å²) in [6.07, 6.45) is 0. The van der Waals surface area contributed by atoms with Crippen molar-refractivity contribution < 1.29 is 13.2 Å². The van der Waals surface area contributed by atoms with Crippen LogP contribution < -0.4 is 10.0 Å². The molecule has 17 heavy (non-hydrogen) atoms. The zero-order valence-electron chi connectivity index (χ0n) is 9.40. The molecule has 1 aromatic rings. The van der Waals surface area contributed by atoms with E-state index in [1.807, 2.05) is 0 Å². The van der Waals surface area contributed by atoms with Crippen LogP contribution in [0.4, 0.5) is 0 Å². The molecular weight excluding hydrogens is 308 g/mol. The summed E-state index contributed by atoms with van der Waals surface area (Å²) in [4.78, 5) is 11.4. The van der Waals surface area contributed by atoms with Crippen LogP contribution in [0.2, 0.25) is 0 Å². The van der Waals surface area contributed by atoms with Gasteiger partial charge in [-0.1, -0.05) is 22.0 Å². The molecular formula is C10H13BrN2O3S. The molecule has 0 aliphatic carbocycles. The second kappa shape index (κ2) is 5.61. The standard InChI is InChI=1S/C10H13BrN2O3S/c1-7(10(14)12-2)13-17(15,16)9-5-3-4-8(11)6-9/h3-7,13H,1-2H3,(H,12,14). The van der Waals surface area contributed by atoms with Gasteiger partial charge in [-0.25, -0.2) is 8.42 Å². The molecule has 1 unspecified atom stereocenters. The van der Waals surface area contributed by atoms with E-state index in [0.717, 1.165) is 0 Å². The smallest absolute Gasteiger partial charge is 0.241 e. The Kier molecular flexibility index (Phi) is 4.67. The predicted octanol–water partition coefficient (Wildman–Crippen LogP) is 0.862. The lowest BCUT2D eigenvalue weighted by atomic mass is 10.3. The van der Waals surface area contributed by atoms with Crippen molar-refractivity contribution in [3.8, 4) is 0 Å². The van der Waals surface area contributed by atoms with Gasteiger partial charge in [0, 0.05) is 11.5 Å². The number of hydrogen-bond donors (Lipinski definition) is 2. The minimum absolute atomic E-state index is 0.114. The summed E-state index contributed by atoms with van der Waals surface area (Å²) in [6, 6.07) is 5.46. The minimum atomic E-state index is -3.68. The van der Waals surface area contributed by atoms with Crippen molar-refractivity contribution in [1.82, 2.24) is 10.0 Å². The number of halogens is 1. The molecule has 0 saturated carbocycles. The molecule has 7 heteroatoms. The first-order chi connectivity index (χ1) is 7.86. The van der Waals surface area contributed by atoms with Crippen LogP contribution in [0.1, 0.15) is 6.92 Å². The zero-order valence-corrected chi connectivity index (χ0v) is 11.8. The molecule has 1 aromatic carbocycles. The third kappa shape index (κ3) is 3.79. The molecule has 0 saturated heterocycles. The van der Waals surface area contributed by atoms with E-state index < -0.39 is 16.1 Å². The van der Waals surface area contributed by atoms with E-state index in [4.69, 9.17) is 0 Å². The summed E-state index contributed by atoms with van der Waals surface area (Å²) in [6.45, 7) is 1.48. The van der Waals surface area contributed by atoms with Gasteiger partial charge < -0.3 is 5.32 Å². The lowest BCUT2D eigenvalue weighted by Gasteiger charge is -2.12. The fraction of sp³-hybridized carbons (Fsp3) is 0.300. The topological polar surface area (TPSA) is 75.3 Å². The van der Waals surface area contributed by atoms with Gasteiger partial charge in [0.2, 0.25) is 15.9 Å².